The molecule has 0 unspecified atom stereocenters. The number of carbonyl (C=O) groups is 1. The lowest BCUT2D eigenvalue weighted by atomic mass is 10.0. The van der Waals surface area contributed by atoms with Crippen LogP contribution in [0.25, 0.3) is 0 Å². The molecule has 0 N–H and O–H groups in total. The number of fused-ring (bicyclic) bond motifs is 1. The van der Waals surface area contributed by atoms with E-state index in [4.69, 9.17) is 0 Å². The van der Waals surface area contributed by atoms with Crippen LogP contribution >= 0.6 is 11.3 Å². The molecular formula is C14H13NOS. The maximum atomic E-state index is 11.4. The van der Waals surface area contributed by atoms with Gasteiger partial charge in [-0.3, -0.25) is 4.79 Å². The third-order valence-corrected chi connectivity index (χ3v) is 4.12. The highest BCUT2D eigenvalue weighted by Crippen LogP contribution is 2.26. The standard InChI is InChI=1S/C14H13NOS/c16-11-6-7-12-13(9-11)17-14(15-12)8-10-4-2-1-3-5-10/h1-5H,6-9H2. The Bertz CT molecular complexity index is 545. The Balaban J connectivity index is 1.83. The zero-order valence-corrected chi connectivity index (χ0v) is 10.3. The van der Waals surface area contributed by atoms with Crippen LogP contribution < -0.4 is 0 Å². The van der Waals surface area contributed by atoms with E-state index >= 15 is 0 Å². The summed E-state index contributed by atoms with van der Waals surface area (Å²) < 4.78 is 0. The average Bonchev–Trinajstić information content (AvgIpc) is 2.71. The second-order valence-corrected chi connectivity index (χ2v) is 5.52. The molecule has 1 aromatic carbocycles. The van der Waals surface area contributed by atoms with Gasteiger partial charge in [0.25, 0.3) is 0 Å². The van der Waals surface area contributed by atoms with Crippen molar-refractivity contribution in [3.05, 3.63) is 51.5 Å². The Morgan fingerprint density at radius 3 is 2.82 bits per heavy atom. The summed E-state index contributed by atoms with van der Waals surface area (Å²) in [5.74, 6) is 0.354. The number of hydrogen-bond acceptors (Lipinski definition) is 3. The Morgan fingerprint density at radius 1 is 1.18 bits per heavy atom. The van der Waals surface area contributed by atoms with E-state index in [0.29, 0.717) is 18.6 Å². The van der Waals surface area contributed by atoms with Gasteiger partial charge in [0.15, 0.2) is 0 Å². The Labute approximate surface area is 104 Å². The molecule has 0 saturated carbocycles. The van der Waals surface area contributed by atoms with Crippen LogP contribution in [0, 0.1) is 0 Å². The molecule has 0 amide bonds. The fraction of sp³-hybridized carbons (Fsp3) is 0.286. The van der Waals surface area contributed by atoms with Crippen LogP contribution in [0.4, 0.5) is 0 Å². The number of carbonyl (C=O) groups excluding carboxylic acids is 1. The average molecular weight is 243 g/mol. The van der Waals surface area contributed by atoms with Gasteiger partial charge in [0.05, 0.1) is 10.7 Å². The quantitative estimate of drug-likeness (QED) is 0.812. The van der Waals surface area contributed by atoms with Crippen LogP contribution in [0.15, 0.2) is 30.3 Å². The van der Waals surface area contributed by atoms with Gasteiger partial charge in [-0.25, -0.2) is 4.98 Å². The summed E-state index contributed by atoms with van der Waals surface area (Å²) >= 11 is 1.70. The number of aryl methyl sites for hydroxylation is 1. The molecule has 0 saturated heterocycles. The van der Waals surface area contributed by atoms with Crippen molar-refractivity contribution in [1.82, 2.24) is 4.98 Å². The fourth-order valence-electron chi connectivity index (χ4n) is 2.14. The highest BCUT2D eigenvalue weighted by atomic mass is 32.1. The van der Waals surface area contributed by atoms with Crippen molar-refractivity contribution in [3.8, 4) is 0 Å². The zero-order chi connectivity index (χ0) is 11.7. The Hall–Kier alpha value is -1.48. The largest absolute Gasteiger partial charge is 0.299 e. The summed E-state index contributed by atoms with van der Waals surface area (Å²) in [7, 11) is 0. The predicted molar refractivity (Wildman–Crippen MR) is 68.4 cm³/mol. The molecule has 0 fully saturated rings. The summed E-state index contributed by atoms with van der Waals surface area (Å²) in [4.78, 5) is 17.2. The molecule has 3 heteroatoms. The minimum absolute atomic E-state index is 0.354. The molecule has 1 aliphatic rings. The van der Waals surface area contributed by atoms with Crippen LogP contribution in [0.2, 0.25) is 0 Å². The monoisotopic (exact) mass is 243 g/mol. The number of rotatable bonds is 2. The first kappa shape index (κ1) is 10.7. The molecule has 0 radical (unpaired) electrons. The smallest absolute Gasteiger partial charge is 0.138 e. The van der Waals surface area contributed by atoms with Gasteiger partial charge in [0.1, 0.15) is 5.78 Å². The molecule has 1 aromatic heterocycles. The molecule has 1 heterocycles. The Kier molecular flexibility index (Phi) is 2.77. The van der Waals surface area contributed by atoms with Gasteiger partial charge in [-0.2, -0.15) is 0 Å². The topological polar surface area (TPSA) is 30.0 Å². The molecule has 0 atom stereocenters. The SMILES string of the molecule is O=C1CCc2nc(Cc3ccccc3)sc2C1. The minimum Gasteiger partial charge on any atom is -0.299 e. The van der Waals surface area contributed by atoms with E-state index in [2.05, 4.69) is 17.1 Å². The van der Waals surface area contributed by atoms with Gasteiger partial charge in [-0.15, -0.1) is 11.3 Å². The number of ketones is 1. The molecule has 2 aromatic rings. The molecule has 0 aliphatic heterocycles. The van der Waals surface area contributed by atoms with Gasteiger partial charge in [0.2, 0.25) is 0 Å². The molecular weight excluding hydrogens is 230 g/mol. The van der Waals surface area contributed by atoms with E-state index in [-0.39, 0.29) is 0 Å². The maximum Gasteiger partial charge on any atom is 0.138 e. The van der Waals surface area contributed by atoms with Crippen LogP contribution in [-0.2, 0) is 24.1 Å². The zero-order valence-electron chi connectivity index (χ0n) is 9.48. The van der Waals surface area contributed by atoms with Gasteiger partial charge in [0, 0.05) is 24.1 Å². The van der Waals surface area contributed by atoms with Gasteiger partial charge < -0.3 is 0 Å². The van der Waals surface area contributed by atoms with Crippen molar-refractivity contribution < 1.29 is 4.79 Å². The van der Waals surface area contributed by atoms with E-state index in [1.807, 2.05) is 18.2 Å². The predicted octanol–water partition coefficient (Wildman–Crippen LogP) is 2.79. The number of benzene rings is 1. The normalized spacial score (nSPS) is 14.7. The molecule has 3 rings (SSSR count). The van der Waals surface area contributed by atoms with E-state index in [9.17, 15) is 4.79 Å². The van der Waals surface area contributed by atoms with Gasteiger partial charge >= 0.3 is 0 Å². The first-order valence-electron chi connectivity index (χ1n) is 5.84. The van der Waals surface area contributed by atoms with E-state index in [1.54, 1.807) is 11.3 Å². The van der Waals surface area contributed by atoms with Crippen LogP contribution in [-0.4, -0.2) is 10.8 Å². The lowest BCUT2D eigenvalue weighted by Gasteiger charge is -2.06. The van der Waals surface area contributed by atoms with Crippen molar-refractivity contribution in [3.63, 3.8) is 0 Å². The van der Waals surface area contributed by atoms with Gasteiger partial charge in [-0.1, -0.05) is 30.3 Å². The molecule has 86 valence electrons. The lowest BCUT2D eigenvalue weighted by Crippen LogP contribution is -2.11. The summed E-state index contributed by atoms with van der Waals surface area (Å²) in [6, 6.07) is 10.4. The minimum atomic E-state index is 0.354. The first-order chi connectivity index (χ1) is 8.31. The second kappa shape index (κ2) is 4.41. The molecule has 17 heavy (non-hydrogen) atoms. The van der Waals surface area contributed by atoms with Crippen LogP contribution in [0.5, 0.6) is 0 Å². The van der Waals surface area contributed by atoms with Crippen molar-refractivity contribution in [2.45, 2.75) is 25.7 Å². The lowest BCUT2D eigenvalue weighted by molar-refractivity contribution is -0.118. The first-order valence-corrected chi connectivity index (χ1v) is 6.66. The van der Waals surface area contributed by atoms with Crippen LogP contribution in [0.1, 0.15) is 27.6 Å². The number of nitrogens with zero attached hydrogens (tertiary/aromatic N) is 1. The molecule has 2 nitrogen and oxygen atoms in total. The number of hydrogen-bond donors (Lipinski definition) is 0. The third kappa shape index (κ3) is 2.29. The van der Waals surface area contributed by atoms with Crippen LogP contribution in [0.3, 0.4) is 0 Å². The third-order valence-electron chi connectivity index (χ3n) is 3.02. The fourth-order valence-corrected chi connectivity index (χ4v) is 3.32. The van der Waals surface area contributed by atoms with E-state index < -0.39 is 0 Å². The summed E-state index contributed by atoms with van der Waals surface area (Å²) in [5.41, 5.74) is 2.44. The second-order valence-electron chi connectivity index (χ2n) is 4.36. The number of aromatic nitrogens is 1. The number of Topliss-reactive ketones (excluding diaryl/α,β-unsaturated/α-hetero) is 1. The van der Waals surface area contributed by atoms with Crippen molar-refractivity contribution in [1.29, 1.82) is 0 Å². The molecule has 0 bridgehead atoms. The molecule has 0 spiro atoms. The summed E-state index contributed by atoms with van der Waals surface area (Å²) in [6.07, 6.45) is 2.98. The van der Waals surface area contributed by atoms with E-state index in [0.717, 1.165) is 23.5 Å². The van der Waals surface area contributed by atoms with E-state index in [1.165, 1.54) is 10.4 Å². The van der Waals surface area contributed by atoms with Crippen molar-refractivity contribution in [2.75, 3.05) is 0 Å². The summed E-state index contributed by atoms with van der Waals surface area (Å²) in [5, 5.41) is 1.14. The van der Waals surface area contributed by atoms with Gasteiger partial charge in [-0.05, 0) is 12.0 Å². The Morgan fingerprint density at radius 2 is 2.00 bits per heavy atom. The molecule has 1 aliphatic carbocycles. The van der Waals surface area contributed by atoms with Crippen molar-refractivity contribution >= 4 is 17.1 Å². The summed E-state index contributed by atoms with van der Waals surface area (Å²) in [6.45, 7) is 0. The highest BCUT2D eigenvalue weighted by Gasteiger charge is 2.20. The van der Waals surface area contributed by atoms with Crippen molar-refractivity contribution in [2.24, 2.45) is 0 Å². The highest BCUT2D eigenvalue weighted by molar-refractivity contribution is 7.11. The number of thiazole rings is 1. The maximum absolute atomic E-state index is 11.4.